The van der Waals surface area contributed by atoms with E-state index < -0.39 is 6.10 Å². The van der Waals surface area contributed by atoms with Crippen molar-refractivity contribution in [2.45, 2.75) is 354 Å². The Kier molecular flexibility index (Phi) is 60.7. The van der Waals surface area contributed by atoms with Crippen LogP contribution in [-0.2, 0) is 28.6 Å². The van der Waals surface area contributed by atoms with Gasteiger partial charge >= 0.3 is 17.9 Å². The van der Waals surface area contributed by atoms with Crippen LogP contribution >= 0.6 is 0 Å². The zero-order valence-electron chi connectivity index (χ0n) is 49.6. The van der Waals surface area contributed by atoms with E-state index >= 15 is 0 Å². The third kappa shape index (κ3) is 60.2. The number of rotatable bonds is 60. The van der Waals surface area contributed by atoms with Crippen LogP contribution in [0.4, 0.5) is 0 Å². The summed E-state index contributed by atoms with van der Waals surface area (Å²) in [5, 5.41) is 0. The smallest absolute Gasteiger partial charge is 0.306 e. The summed E-state index contributed by atoms with van der Waals surface area (Å²) >= 11 is 0. The highest BCUT2D eigenvalue weighted by Gasteiger charge is 2.19. The molecule has 1 unspecified atom stereocenters. The maximum Gasteiger partial charge on any atom is 0.306 e. The zero-order chi connectivity index (χ0) is 53.6. The second-order valence-electron chi connectivity index (χ2n) is 22.0. The molecular weight excluding hydrogens is 913 g/mol. The van der Waals surface area contributed by atoms with Crippen LogP contribution in [0.5, 0.6) is 0 Å². The quantitative estimate of drug-likeness (QED) is 0.0261. The van der Waals surface area contributed by atoms with Crippen molar-refractivity contribution in [3.63, 3.8) is 0 Å². The molecule has 0 radical (unpaired) electrons. The molecule has 0 aliphatic rings. The van der Waals surface area contributed by atoms with E-state index in [1.807, 2.05) is 0 Å². The molecule has 74 heavy (non-hydrogen) atoms. The highest BCUT2D eigenvalue weighted by atomic mass is 16.6. The molecule has 0 saturated heterocycles. The molecule has 1 atom stereocenters. The summed E-state index contributed by atoms with van der Waals surface area (Å²) in [6.45, 7) is 6.66. The van der Waals surface area contributed by atoms with Gasteiger partial charge in [-0.25, -0.2) is 0 Å². The molecule has 6 heteroatoms. The molecule has 0 N–H and O–H groups in total. The van der Waals surface area contributed by atoms with Gasteiger partial charge in [-0.15, -0.1) is 0 Å². The number of carbonyl (C=O) groups is 3. The topological polar surface area (TPSA) is 78.9 Å². The van der Waals surface area contributed by atoms with Crippen molar-refractivity contribution in [1.29, 1.82) is 0 Å². The van der Waals surface area contributed by atoms with Crippen molar-refractivity contribution >= 4 is 17.9 Å². The predicted octanol–water partition coefficient (Wildman–Crippen LogP) is 22.2. The van der Waals surface area contributed by atoms with Gasteiger partial charge in [0.1, 0.15) is 13.2 Å². The first-order valence-electron chi connectivity index (χ1n) is 32.6. The minimum absolute atomic E-state index is 0.0715. The van der Waals surface area contributed by atoms with Crippen LogP contribution in [0.3, 0.4) is 0 Å². The van der Waals surface area contributed by atoms with Crippen molar-refractivity contribution in [2.24, 2.45) is 0 Å². The van der Waals surface area contributed by atoms with Crippen LogP contribution in [0, 0.1) is 0 Å². The lowest BCUT2D eigenvalue weighted by Crippen LogP contribution is -2.30. The Morgan fingerprint density at radius 3 is 0.770 bits per heavy atom. The molecule has 0 aliphatic carbocycles. The van der Waals surface area contributed by atoms with Crippen molar-refractivity contribution in [1.82, 2.24) is 0 Å². The van der Waals surface area contributed by atoms with Gasteiger partial charge in [0, 0.05) is 19.3 Å². The summed E-state index contributed by atoms with van der Waals surface area (Å²) < 4.78 is 16.9. The number of hydrogen-bond acceptors (Lipinski definition) is 6. The first-order chi connectivity index (χ1) is 36.5. The van der Waals surface area contributed by atoms with Crippen molar-refractivity contribution in [3.8, 4) is 0 Å². The fourth-order valence-electron chi connectivity index (χ4n) is 9.62. The molecule has 0 fully saturated rings. The molecule has 0 saturated carbocycles. The van der Waals surface area contributed by atoms with Crippen LogP contribution in [0.1, 0.15) is 348 Å². The van der Waals surface area contributed by atoms with Crippen LogP contribution in [0.2, 0.25) is 0 Å². The molecule has 0 bridgehead atoms. The molecule has 0 rings (SSSR count). The van der Waals surface area contributed by atoms with Crippen molar-refractivity contribution in [2.75, 3.05) is 13.2 Å². The first-order valence-corrected chi connectivity index (χ1v) is 32.6. The van der Waals surface area contributed by atoms with Crippen molar-refractivity contribution < 1.29 is 28.6 Å². The van der Waals surface area contributed by atoms with Crippen LogP contribution in [0.25, 0.3) is 0 Å². The van der Waals surface area contributed by atoms with Gasteiger partial charge < -0.3 is 14.2 Å². The van der Waals surface area contributed by atoms with Crippen LogP contribution < -0.4 is 0 Å². The summed E-state index contributed by atoms with van der Waals surface area (Å²) in [5.74, 6) is -0.860. The van der Waals surface area contributed by atoms with Gasteiger partial charge in [0.25, 0.3) is 0 Å². The van der Waals surface area contributed by atoms with E-state index in [0.717, 1.165) is 70.6 Å². The summed E-state index contributed by atoms with van der Waals surface area (Å²) in [6.07, 6.45) is 78.4. The molecule has 0 aromatic carbocycles. The second kappa shape index (κ2) is 62.9. The average molecular weight is 1040 g/mol. The van der Waals surface area contributed by atoms with Gasteiger partial charge in [-0.1, -0.05) is 294 Å². The lowest BCUT2D eigenvalue weighted by molar-refractivity contribution is -0.167. The lowest BCUT2D eigenvalue weighted by Gasteiger charge is -2.18. The molecule has 0 aromatic rings. The van der Waals surface area contributed by atoms with E-state index in [0.29, 0.717) is 19.3 Å². The fourth-order valence-corrected chi connectivity index (χ4v) is 9.62. The third-order valence-corrected chi connectivity index (χ3v) is 14.6. The fraction of sp³-hybridized carbons (Fsp3) is 0.838. The number of ether oxygens (including phenoxy) is 3. The van der Waals surface area contributed by atoms with E-state index in [1.54, 1.807) is 0 Å². The largest absolute Gasteiger partial charge is 0.462 e. The Morgan fingerprint density at radius 1 is 0.270 bits per heavy atom. The number of unbranched alkanes of at least 4 members (excludes halogenated alkanes) is 41. The summed E-state index contributed by atoms with van der Waals surface area (Å²) in [6, 6.07) is 0. The van der Waals surface area contributed by atoms with E-state index in [-0.39, 0.29) is 31.1 Å². The summed E-state index contributed by atoms with van der Waals surface area (Å²) in [5.41, 5.74) is 0. The molecule has 6 nitrogen and oxygen atoms in total. The SMILES string of the molecule is CCCCCCC/C=C\C/C=C\C/C=C\CCCCCCCCCCCCC(=O)OCC(COC(=O)CCCCCCCCCCCC)OC(=O)CCCCCCCCCCC/C=C\CCCCCCCCCC. The molecule has 0 aromatic heterocycles. The minimum Gasteiger partial charge on any atom is -0.462 e. The van der Waals surface area contributed by atoms with Crippen LogP contribution in [-0.4, -0.2) is 37.2 Å². The Labute approximate surface area is 460 Å². The Morgan fingerprint density at radius 2 is 0.486 bits per heavy atom. The summed E-state index contributed by atoms with van der Waals surface area (Å²) in [4.78, 5) is 38.2. The zero-order valence-corrected chi connectivity index (χ0v) is 49.6. The number of allylic oxidation sites excluding steroid dienone is 8. The van der Waals surface area contributed by atoms with Gasteiger partial charge in [-0.2, -0.15) is 0 Å². The average Bonchev–Trinajstić information content (AvgIpc) is 3.40. The molecule has 0 amide bonds. The van der Waals surface area contributed by atoms with Gasteiger partial charge in [0.15, 0.2) is 6.10 Å². The molecule has 432 valence electrons. The molecule has 0 heterocycles. The minimum atomic E-state index is -0.774. The first kappa shape index (κ1) is 71.4. The molecular formula is C68H124O6. The van der Waals surface area contributed by atoms with E-state index in [4.69, 9.17) is 14.2 Å². The number of esters is 3. The monoisotopic (exact) mass is 1040 g/mol. The summed E-state index contributed by atoms with van der Waals surface area (Å²) in [7, 11) is 0. The van der Waals surface area contributed by atoms with E-state index in [9.17, 15) is 14.4 Å². The van der Waals surface area contributed by atoms with Gasteiger partial charge in [0.2, 0.25) is 0 Å². The lowest BCUT2D eigenvalue weighted by atomic mass is 10.0. The maximum absolute atomic E-state index is 12.9. The van der Waals surface area contributed by atoms with E-state index in [1.165, 1.54) is 238 Å². The molecule has 0 spiro atoms. The maximum atomic E-state index is 12.9. The van der Waals surface area contributed by atoms with Crippen molar-refractivity contribution in [3.05, 3.63) is 48.6 Å². The van der Waals surface area contributed by atoms with Gasteiger partial charge in [0.05, 0.1) is 0 Å². The highest BCUT2D eigenvalue weighted by molar-refractivity contribution is 5.71. The van der Waals surface area contributed by atoms with Crippen LogP contribution in [0.15, 0.2) is 48.6 Å². The van der Waals surface area contributed by atoms with E-state index in [2.05, 4.69) is 69.4 Å². The normalized spacial score (nSPS) is 12.3. The Bertz CT molecular complexity index is 1280. The number of hydrogen-bond donors (Lipinski definition) is 0. The van der Waals surface area contributed by atoms with Gasteiger partial charge in [-0.3, -0.25) is 14.4 Å². The second-order valence-corrected chi connectivity index (χ2v) is 22.0. The highest BCUT2D eigenvalue weighted by Crippen LogP contribution is 2.17. The Hall–Kier alpha value is -2.63. The standard InChI is InChI=1S/C68H124O6/c1-4-7-10-13-16-19-22-24-26-28-30-32-33-34-35-37-38-40-42-44-46-49-52-55-58-61-67(70)73-64-65(63-72-66(69)60-57-54-51-48-21-18-15-12-9-6-3)74-68(71)62-59-56-53-50-47-45-43-41-39-36-31-29-27-25-23-20-17-14-11-8-5-2/h22,24,28-31,33-34,65H,4-21,23,25-27,32,35-64H2,1-3H3/b24-22-,30-28-,31-29-,34-33-. The predicted molar refractivity (Wildman–Crippen MR) is 321 cm³/mol. The van der Waals surface area contributed by atoms with Gasteiger partial charge in [-0.05, 0) is 83.5 Å². The Balaban J connectivity index is 4.22. The third-order valence-electron chi connectivity index (χ3n) is 14.6. The molecule has 0 aliphatic heterocycles. The number of carbonyl (C=O) groups excluding carboxylic acids is 3.